The van der Waals surface area contributed by atoms with Gasteiger partial charge >= 0.3 is 0 Å². The number of nitrogens with one attached hydrogen (secondary N) is 1. The number of piperidine rings is 2. The van der Waals surface area contributed by atoms with E-state index in [2.05, 4.69) is 15.1 Å². The molecule has 3 aromatic carbocycles. The van der Waals surface area contributed by atoms with Gasteiger partial charge in [0.2, 0.25) is 11.8 Å². The number of rotatable bonds is 8. The van der Waals surface area contributed by atoms with Crippen LogP contribution in [-0.2, 0) is 22.7 Å². The van der Waals surface area contributed by atoms with Crippen molar-refractivity contribution in [2.24, 2.45) is 5.92 Å². The highest BCUT2D eigenvalue weighted by molar-refractivity contribution is 6.31. The Bertz CT molecular complexity index is 2060. The molecule has 12 nitrogen and oxygen atoms in total. The van der Waals surface area contributed by atoms with E-state index in [1.165, 1.54) is 0 Å². The van der Waals surface area contributed by atoms with Crippen molar-refractivity contribution in [3.8, 4) is 11.8 Å². The number of imide groups is 2. The highest BCUT2D eigenvalue weighted by Gasteiger charge is 2.45. The van der Waals surface area contributed by atoms with Crippen molar-refractivity contribution in [1.29, 1.82) is 5.26 Å². The van der Waals surface area contributed by atoms with E-state index in [0.29, 0.717) is 82.8 Å². The van der Waals surface area contributed by atoms with Gasteiger partial charge in [-0.15, -0.1) is 0 Å². The van der Waals surface area contributed by atoms with Crippen LogP contribution >= 0.6 is 11.6 Å². The zero-order valence-electron chi connectivity index (χ0n) is 30.1. The Morgan fingerprint density at radius 2 is 1.55 bits per heavy atom. The number of carbonyl (C=O) groups is 5. The number of benzene rings is 3. The number of nitrogens with zero attached hydrogens (tertiary/aromatic N) is 5. The van der Waals surface area contributed by atoms with E-state index in [1.54, 1.807) is 42.5 Å². The highest BCUT2D eigenvalue weighted by atomic mass is 35.5. The average Bonchev–Trinajstić information content (AvgIpc) is 3.69. The van der Waals surface area contributed by atoms with Crippen molar-refractivity contribution in [3.05, 3.63) is 93.0 Å². The maximum atomic E-state index is 15.3. The Morgan fingerprint density at radius 1 is 0.891 bits per heavy atom. The van der Waals surface area contributed by atoms with E-state index < -0.39 is 41.6 Å². The number of halogens is 2. The Kier molecular flexibility index (Phi) is 10.0. The van der Waals surface area contributed by atoms with E-state index in [0.717, 1.165) is 54.2 Å². The van der Waals surface area contributed by atoms with Gasteiger partial charge in [0.1, 0.15) is 17.9 Å². The standard InChI is InChI=1S/C41H40ClFN6O6/c42-35-19-32(8-3-26(35)20-44)55-31-9-6-30(7-10-31)49(43)39(52)25-1-4-29(5-2-25)47-15-13-24(14-16-47)21-46-22-27-17-33-34(18-28(27)23-46)41(54)48(40(33)53)36-11-12-37(50)45-38(36)51/h1-5,8,17-19,24,30-31,36H,6-7,9-16,21-23H2,(H,45,50,51)/t30?,31?,36-/m0/s1. The third-order valence-electron chi connectivity index (χ3n) is 11.7. The van der Waals surface area contributed by atoms with Crippen molar-refractivity contribution in [2.45, 2.75) is 82.6 Å². The third kappa shape index (κ3) is 7.28. The molecule has 5 aliphatic rings. The molecule has 3 aromatic rings. The van der Waals surface area contributed by atoms with Crippen LogP contribution in [0.2, 0.25) is 5.02 Å². The molecule has 1 atom stereocenters. The molecule has 14 heteroatoms. The van der Waals surface area contributed by atoms with Gasteiger partial charge in [-0.1, -0.05) is 16.1 Å². The lowest BCUT2D eigenvalue weighted by molar-refractivity contribution is -0.136. The fraction of sp³-hybridized carbons (Fsp3) is 0.415. The van der Waals surface area contributed by atoms with Gasteiger partial charge < -0.3 is 9.64 Å². The monoisotopic (exact) mass is 766 g/mol. The van der Waals surface area contributed by atoms with Crippen LogP contribution in [0.15, 0.2) is 54.6 Å². The molecule has 8 rings (SSSR count). The van der Waals surface area contributed by atoms with Crippen LogP contribution in [0.25, 0.3) is 0 Å². The van der Waals surface area contributed by atoms with Gasteiger partial charge in [0.15, 0.2) is 0 Å². The van der Waals surface area contributed by atoms with Gasteiger partial charge in [0, 0.05) is 56.5 Å². The van der Waals surface area contributed by atoms with Gasteiger partial charge in [0.05, 0.1) is 33.9 Å². The second-order valence-electron chi connectivity index (χ2n) is 15.2. The van der Waals surface area contributed by atoms with Crippen molar-refractivity contribution in [3.63, 3.8) is 0 Å². The summed E-state index contributed by atoms with van der Waals surface area (Å²) < 4.78 is 21.4. The summed E-state index contributed by atoms with van der Waals surface area (Å²) in [6.07, 6.45) is 4.17. The zero-order valence-corrected chi connectivity index (χ0v) is 30.9. The Balaban J connectivity index is 0.792. The molecule has 55 heavy (non-hydrogen) atoms. The molecular weight excluding hydrogens is 727 g/mol. The first kappa shape index (κ1) is 36.6. The summed E-state index contributed by atoms with van der Waals surface area (Å²) >= 11 is 6.12. The SMILES string of the molecule is N#Cc1ccc(OC2CCC(N(F)C(=O)c3ccc(N4CCC(CN5Cc6cc7c(cc6C5)C(=O)N([C@H]5CCC(=O)NC5=O)C7=O)CC4)cc3)CC2)cc1Cl. The van der Waals surface area contributed by atoms with E-state index in [9.17, 15) is 24.0 Å². The molecule has 0 bridgehead atoms. The molecule has 5 amide bonds. The van der Waals surface area contributed by atoms with Crippen molar-refractivity contribution in [2.75, 3.05) is 24.5 Å². The van der Waals surface area contributed by atoms with Gasteiger partial charge in [-0.2, -0.15) is 10.4 Å². The number of amides is 5. The smallest absolute Gasteiger partial charge is 0.281 e. The summed E-state index contributed by atoms with van der Waals surface area (Å²) in [5, 5.41) is 12.0. The minimum atomic E-state index is -0.977. The largest absolute Gasteiger partial charge is 0.490 e. The lowest BCUT2D eigenvalue weighted by Crippen LogP contribution is -2.54. The Hall–Kier alpha value is -5.32. The molecule has 0 aromatic heterocycles. The van der Waals surface area contributed by atoms with Gasteiger partial charge in [0.25, 0.3) is 17.7 Å². The molecule has 284 valence electrons. The molecule has 1 N–H and O–H groups in total. The number of hydrogen-bond acceptors (Lipinski definition) is 9. The number of hydrogen-bond donors (Lipinski definition) is 1. The zero-order chi connectivity index (χ0) is 38.4. The molecule has 3 fully saturated rings. The third-order valence-corrected chi connectivity index (χ3v) is 12.0. The molecule has 4 heterocycles. The van der Waals surface area contributed by atoms with E-state index in [4.69, 9.17) is 21.6 Å². The summed E-state index contributed by atoms with van der Waals surface area (Å²) in [6, 6.07) is 16.2. The first-order valence-electron chi connectivity index (χ1n) is 18.9. The predicted molar refractivity (Wildman–Crippen MR) is 199 cm³/mol. The summed E-state index contributed by atoms with van der Waals surface area (Å²) in [7, 11) is 0. The van der Waals surface area contributed by atoms with Crippen LogP contribution in [0.3, 0.4) is 0 Å². The predicted octanol–water partition coefficient (Wildman–Crippen LogP) is 5.56. The maximum absolute atomic E-state index is 15.3. The molecule has 4 aliphatic heterocycles. The minimum Gasteiger partial charge on any atom is -0.490 e. The number of anilines is 1. The fourth-order valence-corrected chi connectivity index (χ4v) is 8.87. The molecule has 2 saturated heterocycles. The molecule has 1 aliphatic carbocycles. The second-order valence-corrected chi connectivity index (χ2v) is 15.6. The first-order chi connectivity index (χ1) is 26.6. The van der Waals surface area contributed by atoms with Crippen LogP contribution in [0.4, 0.5) is 10.2 Å². The topological polar surface area (TPSA) is 143 Å². The normalized spacial score (nSPS) is 23.0. The maximum Gasteiger partial charge on any atom is 0.281 e. The van der Waals surface area contributed by atoms with Gasteiger partial charge in [-0.25, -0.2) is 0 Å². The summed E-state index contributed by atoms with van der Waals surface area (Å²) in [5.74, 6) is -1.60. The molecular formula is C41H40ClFN6O6. The second kappa shape index (κ2) is 15.1. The summed E-state index contributed by atoms with van der Waals surface area (Å²) in [4.78, 5) is 69.3. The molecule has 1 saturated carbocycles. The minimum absolute atomic E-state index is 0.0849. The van der Waals surface area contributed by atoms with Gasteiger partial charge in [-0.3, -0.25) is 39.1 Å². The van der Waals surface area contributed by atoms with Crippen molar-refractivity contribution < 1.29 is 33.2 Å². The van der Waals surface area contributed by atoms with E-state index in [-0.39, 0.29) is 18.9 Å². The highest BCUT2D eigenvalue weighted by Crippen LogP contribution is 2.35. The summed E-state index contributed by atoms with van der Waals surface area (Å²) in [6.45, 7) is 3.93. The first-order valence-corrected chi connectivity index (χ1v) is 19.2. The number of fused-ring (bicyclic) bond motifs is 2. The molecule has 0 radical (unpaired) electrons. The summed E-state index contributed by atoms with van der Waals surface area (Å²) in [5.41, 5.74) is 4.32. The lowest BCUT2D eigenvalue weighted by atomic mass is 9.92. The van der Waals surface area contributed by atoms with Crippen LogP contribution in [0, 0.1) is 17.2 Å². The van der Waals surface area contributed by atoms with Crippen LogP contribution < -0.4 is 15.0 Å². The van der Waals surface area contributed by atoms with Crippen LogP contribution in [-0.4, -0.2) is 82.3 Å². The van der Waals surface area contributed by atoms with E-state index in [1.807, 2.05) is 18.2 Å². The van der Waals surface area contributed by atoms with Crippen LogP contribution in [0.5, 0.6) is 5.75 Å². The Labute approximate surface area is 322 Å². The number of ether oxygens (including phenoxy) is 1. The van der Waals surface area contributed by atoms with Crippen molar-refractivity contribution >= 4 is 46.8 Å². The Morgan fingerprint density at radius 3 is 2.15 bits per heavy atom. The quantitative estimate of drug-likeness (QED) is 0.230. The van der Waals surface area contributed by atoms with Crippen molar-refractivity contribution in [1.82, 2.24) is 20.2 Å². The van der Waals surface area contributed by atoms with Crippen LogP contribution in [0.1, 0.15) is 99.1 Å². The van der Waals surface area contributed by atoms with Gasteiger partial charge in [-0.05, 0) is 111 Å². The molecule has 0 unspecified atom stereocenters. The average molecular weight is 767 g/mol. The molecule has 0 spiro atoms. The fourth-order valence-electron chi connectivity index (χ4n) is 8.65. The number of carbonyl (C=O) groups excluding carboxylic acids is 5. The number of nitriles is 1. The lowest BCUT2D eigenvalue weighted by Gasteiger charge is -2.35. The van der Waals surface area contributed by atoms with E-state index >= 15 is 4.48 Å².